The van der Waals surface area contributed by atoms with Crippen LogP contribution in [0.1, 0.15) is 34.5 Å². The number of carboxylic acid groups (broad SMARTS) is 1. The van der Waals surface area contributed by atoms with Crippen LogP contribution in [-0.4, -0.2) is 23.0 Å². The first-order chi connectivity index (χ1) is 8.47. The minimum absolute atomic E-state index is 0.0141. The van der Waals surface area contributed by atoms with Crippen LogP contribution >= 0.6 is 27.3 Å². The molecule has 2 N–H and O–H groups in total. The lowest BCUT2D eigenvalue weighted by atomic mass is 10.1. The quantitative estimate of drug-likeness (QED) is 0.894. The first-order valence-corrected chi connectivity index (χ1v) is 7.38. The molecule has 0 bridgehead atoms. The third-order valence-corrected chi connectivity index (χ3v) is 5.33. The van der Waals surface area contributed by atoms with Gasteiger partial charge < -0.3 is 10.4 Å². The van der Waals surface area contributed by atoms with Crippen molar-refractivity contribution in [3.8, 4) is 0 Å². The van der Waals surface area contributed by atoms with Crippen molar-refractivity contribution in [2.75, 3.05) is 0 Å². The number of hydrogen-bond donors (Lipinski definition) is 2. The van der Waals surface area contributed by atoms with E-state index in [1.165, 1.54) is 11.3 Å². The van der Waals surface area contributed by atoms with Crippen molar-refractivity contribution in [3.63, 3.8) is 0 Å². The minimum atomic E-state index is -0.763. The molecule has 18 heavy (non-hydrogen) atoms. The van der Waals surface area contributed by atoms with E-state index in [0.717, 1.165) is 15.8 Å². The molecule has 1 heterocycles. The van der Waals surface area contributed by atoms with E-state index in [0.29, 0.717) is 17.7 Å². The lowest BCUT2D eigenvalue weighted by Gasteiger charge is -2.11. The number of amides is 1. The maximum absolute atomic E-state index is 12.0. The van der Waals surface area contributed by atoms with Crippen LogP contribution in [0, 0.1) is 12.8 Å². The summed E-state index contributed by atoms with van der Waals surface area (Å²) in [5.41, 5.74) is 1.04. The van der Waals surface area contributed by atoms with Gasteiger partial charge in [0, 0.05) is 6.04 Å². The highest BCUT2D eigenvalue weighted by atomic mass is 79.9. The molecule has 0 radical (unpaired) electrons. The van der Waals surface area contributed by atoms with Gasteiger partial charge >= 0.3 is 5.97 Å². The molecule has 0 saturated heterocycles. The molecule has 1 aromatic rings. The summed E-state index contributed by atoms with van der Waals surface area (Å²) >= 11 is 4.79. The van der Waals surface area contributed by atoms with Crippen LogP contribution in [0.25, 0.3) is 0 Å². The standard InChI is InChI=1S/C12H14BrNO3S/c1-6-4-9(18-10(6)13)11(15)14-8-3-2-7(5-8)12(16)17/h4,7-8H,2-3,5H2,1H3,(H,14,15)(H,16,17)/t7-,8+/m1/s1. The number of aliphatic carboxylic acids is 1. The molecule has 1 aliphatic carbocycles. The zero-order valence-corrected chi connectivity index (χ0v) is 12.3. The Balaban J connectivity index is 1.94. The van der Waals surface area contributed by atoms with E-state index in [9.17, 15) is 9.59 Å². The normalized spacial score (nSPS) is 23.0. The number of halogens is 1. The average molecular weight is 332 g/mol. The summed E-state index contributed by atoms with van der Waals surface area (Å²) < 4.78 is 0.961. The third kappa shape index (κ3) is 2.92. The molecule has 6 heteroatoms. The summed E-state index contributed by atoms with van der Waals surface area (Å²) in [6.07, 6.45) is 1.92. The highest BCUT2D eigenvalue weighted by Gasteiger charge is 2.30. The van der Waals surface area contributed by atoms with E-state index in [1.807, 2.05) is 13.0 Å². The maximum atomic E-state index is 12.0. The molecule has 4 nitrogen and oxygen atoms in total. The summed E-state index contributed by atoms with van der Waals surface area (Å²) in [5.74, 6) is -1.18. The minimum Gasteiger partial charge on any atom is -0.481 e. The van der Waals surface area contributed by atoms with Crippen LogP contribution in [0.2, 0.25) is 0 Å². The van der Waals surface area contributed by atoms with Crippen LogP contribution in [0.5, 0.6) is 0 Å². The Morgan fingerprint density at radius 3 is 2.72 bits per heavy atom. The smallest absolute Gasteiger partial charge is 0.306 e. The molecular formula is C12H14BrNO3S. The third-order valence-electron chi connectivity index (χ3n) is 3.20. The van der Waals surface area contributed by atoms with Gasteiger partial charge in [-0.25, -0.2) is 0 Å². The predicted molar refractivity (Wildman–Crippen MR) is 73.0 cm³/mol. The summed E-state index contributed by atoms with van der Waals surface area (Å²) in [4.78, 5) is 23.5. The van der Waals surface area contributed by atoms with Crippen molar-refractivity contribution < 1.29 is 14.7 Å². The Bertz CT molecular complexity index is 466. The number of nitrogens with one attached hydrogen (secondary N) is 1. The fourth-order valence-corrected chi connectivity index (χ4v) is 3.60. The van der Waals surface area contributed by atoms with Gasteiger partial charge in [0.2, 0.25) is 0 Å². The van der Waals surface area contributed by atoms with Gasteiger partial charge in [-0.05, 0) is 53.7 Å². The van der Waals surface area contributed by atoms with Crippen molar-refractivity contribution in [2.45, 2.75) is 32.2 Å². The Hall–Kier alpha value is -0.880. The molecule has 0 unspecified atom stereocenters. The number of carbonyl (C=O) groups excluding carboxylic acids is 1. The maximum Gasteiger partial charge on any atom is 0.306 e. The SMILES string of the molecule is Cc1cc(C(=O)N[C@H]2CC[C@@H](C(=O)O)C2)sc1Br. The Morgan fingerprint density at radius 1 is 1.50 bits per heavy atom. The second-order valence-electron chi connectivity index (χ2n) is 4.59. The topological polar surface area (TPSA) is 66.4 Å². The molecule has 0 spiro atoms. The van der Waals surface area contributed by atoms with Crippen LogP contribution in [0.4, 0.5) is 0 Å². The van der Waals surface area contributed by atoms with Gasteiger partial charge in [-0.15, -0.1) is 11.3 Å². The highest BCUT2D eigenvalue weighted by Crippen LogP contribution is 2.29. The number of rotatable bonds is 3. The van der Waals surface area contributed by atoms with E-state index in [4.69, 9.17) is 5.11 Å². The van der Waals surface area contributed by atoms with Crippen molar-refractivity contribution in [1.29, 1.82) is 0 Å². The molecule has 2 rings (SSSR count). The van der Waals surface area contributed by atoms with Gasteiger partial charge in [-0.3, -0.25) is 9.59 Å². The molecule has 0 aliphatic heterocycles. The van der Waals surface area contributed by atoms with E-state index in [2.05, 4.69) is 21.2 Å². The Kier molecular flexibility index (Phi) is 4.07. The van der Waals surface area contributed by atoms with E-state index in [-0.39, 0.29) is 17.9 Å². The zero-order chi connectivity index (χ0) is 13.3. The molecule has 2 atom stereocenters. The summed E-state index contributed by atoms with van der Waals surface area (Å²) in [6.45, 7) is 1.94. The van der Waals surface area contributed by atoms with Gasteiger partial charge in [0.05, 0.1) is 14.6 Å². The van der Waals surface area contributed by atoms with Gasteiger partial charge in [0.1, 0.15) is 0 Å². The molecule has 98 valence electrons. The largest absolute Gasteiger partial charge is 0.481 e. The van der Waals surface area contributed by atoms with Crippen molar-refractivity contribution in [1.82, 2.24) is 5.32 Å². The molecule has 1 fully saturated rings. The number of aryl methyl sites for hydroxylation is 1. The van der Waals surface area contributed by atoms with Crippen LogP contribution < -0.4 is 5.32 Å². The lowest BCUT2D eigenvalue weighted by Crippen LogP contribution is -2.32. The number of hydrogen-bond acceptors (Lipinski definition) is 3. The van der Waals surface area contributed by atoms with Gasteiger partial charge in [0.25, 0.3) is 5.91 Å². The van der Waals surface area contributed by atoms with E-state index in [1.54, 1.807) is 0 Å². The Morgan fingerprint density at radius 2 is 2.22 bits per heavy atom. The molecule has 0 aromatic carbocycles. The second kappa shape index (κ2) is 5.40. The number of thiophene rings is 1. The van der Waals surface area contributed by atoms with Crippen molar-refractivity contribution in [3.05, 3.63) is 20.3 Å². The van der Waals surface area contributed by atoms with Crippen LogP contribution in [0.3, 0.4) is 0 Å². The summed E-state index contributed by atoms with van der Waals surface area (Å²) in [6, 6.07) is 1.83. The van der Waals surface area contributed by atoms with E-state index >= 15 is 0 Å². The molecule has 1 amide bonds. The van der Waals surface area contributed by atoms with E-state index < -0.39 is 5.97 Å². The molecule has 1 aliphatic rings. The fraction of sp³-hybridized carbons (Fsp3) is 0.500. The van der Waals surface area contributed by atoms with Gasteiger partial charge in [-0.1, -0.05) is 0 Å². The zero-order valence-electron chi connectivity index (χ0n) is 9.90. The first-order valence-electron chi connectivity index (χ1n) is 5.77. The fourth-order valence-electron chi connectivity index (χ4n) is 2.17. The van der Waals surface area contributed by atoms with Crippen LogP contribution in [0.15, 0.2) is 9.85 Å². The number of carboxylic acids is 1. The van der Waals surface area contributed by atoms with Crippen molar-refractivity contribution in [2.24, 2.45) is 5.92 Å². The predicted octanol–water partition coefficient (Wildman–Crippen LogP) is 2.80. The monoisotopic (exact) mass is 331 g/mol. The molecular weight excluding hydrogens is 318 g/mol. The molecule has 1 aromatic heterocycles. The summed E-state index contributed by atoms with van der Waals surface area (Å²) in [5, 5.41) is 11.8. The average Bonchev–Trinajstić information content (AvgIpc) is 2.87. The van der Waals surface area contributed by atoms with Crippen molar-refractivity contribution >= 4 is 39.1 Å². The van der Waals surface area contributed by atoms with Crippen LogP contribution in [-0.2, 0) is 4.79 Å². The first kappa shape index (κ1) is 13.5. The second-order valence-corrected chi connectivity index (χ2v) is 6.96. The molecule has 1 saturated carbocycles. The van der Waals surface area contributed by atoms with Gasteiger partial charge in [-0.2, -0.15) is 0 Å². The summed E-state index contributed by atoms with van der Waals surface area (Å²) in [7, 11) is 0. The lowest BCUT2D eigenvalue weighted by molar-refractivity contribution is -0.141. The number of carbonyl (C=O) groups is 2. The Labute approximate surface area is 118 Å². The highest BCUT2D eigenvalue weighted by molar-refractivity contribution is 9.11. The van der Waals surface area contributed by atoms with Gasteiger partial charge in [0.15, 0.2) is 0 Å².